The molecule has 4 heterocycles. The van der Waals surface area contributed by atoms with E-state index >= 15 is 0 Å². The Morgan fingerprint density at radius 3 is 2.57 bits per heavy atom. The summed E-state index contributed by atoms with van der Waals surface area (Å²) in [5.41, 5.74) is 4.84. The number of carbonyl (C=O) groups is 3. The van der Waals surface area contributed by atoms with Crippen LogP contribution in [0.4, 0.5) is 10.5 Å². The van der Waals surface area contributed by atoms with Crippen molar-refractivity contribution in [1.82, 2.24) is 23.7 Å². The molecule has 1 saturated carbocycles. The number of benzene rings is 2. The first kappa shape index (κ1) is 29.2. The minimum absolute atomic E-state index is 0.0691. The number of rotatable bonds is 6. The van der Waals surface area contributed by atoms with E-state index in [0.717, 1.165) is 35.4 Å². The number of imide groups is 1. The number of carbonyl (C=O) groups excluding carboxylic acids is 3. The summed E-state index contributed by atoms with van der Waals surface area (Å²) in [7, 11) is 1.72. The largest absolute Gasteiger partial charge is 0.329 e. The van der Waals surface area contributed by atoms with E-state index in [0.29, 0.717) is 30.6 Å². The van der Waals surface area contributed by atoms with Gasteiger partial charge in [-0.1, -0.05) is 36.6 Å². The van der Waals surface area contributed by atoms with Gasteiger partial charge in [0.2, 0.25) is 11.8 Å². The Balaban J connectivity index is 0.964. The maximum absolute atomic E-state index is 13.2. The Kier molecular flexibility index (Phi) is 7.78. The maximum atomic E-state index is 13.2. The molecule has 2 aromatic carbocycles. The fraction of sp³-hybridized carbons (Fsp3) is 0.515. The van der Waals surface area contributed by atoms with Crippen LogP contribution < -0.4 is 16.3 Å². The number of hydrogen-bond donors (Lipinski definition) is 2. The van der Waals surface area contributed by atoms with Gasteiger partial charge in [0.05, 0.1) is 11.0 Å². The van der Waals surface area contributed by atoms with Crippen LogP contribution in [0.25, 0.3) is 11.0 Å². The van der Waals surface area contributed by atoms with E-state index in [1.54, 1.807) is 11.6 Å². The van der Waals surface area contributed by atoms with Gasteiger partial charge in [0.1, 0.15) is 6.04 Å². The molecule has 1 unspecified atom stereocenters. The number of aryl methyl sites for hydroxylation is 1. The fourth-order valence-electron chi connectivity index (χ4n) is 7.29. The molecule has 44 heavy (non-hydrogen) atoms. The van der Waals surface area contributed by atoms with Crippen molar-refractivity contribution in [1.29, 1.82) is 0 Å². The van der Waals surface area contributed by atoms with Gasteiger partial charge in [0, 0.05) is 50.1 Å². The summed E-state index contributed by atoms with van der Waals surface area (Å²) in [5, 5.41) is 5.48. The number of fused-ring (bicyclic) bond motifs is 1. The standard InChI is InChI=1S/C33H40N6O4S/c1-36-28-20-24(7-8-26(28)39(32(36)43)27-9-10-29(40)35-30(27)41)23-11-17-37(18-12-23)31(42)34-25-6-4-5-22(19-25)21-44-38-16-3-2-13-33(38)14-15-33/h4-8,19-20,23,27H,2-3,9-18,21H2,1H3,(H,34,42)(H,35,40,41). The van der Waals surface area contributed by atoms with Crippen molar-refractivity contribution in [3.8, 4) is 0 Å². The number of nitrogens with one attached hydrogen (secondary N) is 2. The van der Waals surface area contributed by atoms with Crippen LogP contribution in [0.1, 0.15) is 80.9 Å². The van der Waals surface area contributed by atoms with Crippen LogP contribution in [0.3, 0.4) is 0 Å². The molecule has 3 aliphatic heterocycles. The minimum Gasteiger partial charge on any atom is -0.324 e. The van der Waals surface area contributed by atoms with Crippen LogP contribution in [0.5, 0.6) is 0 Å². The van der Waals surface area contributed by atoms with Crippen molar-refractivity contribution in [3.63, 3.8) is 0 Å². The number of hydrogen-bond acceptors (Lipinski definition) is 6. The Morgan fingerprint density at radius 1 is 0.977 bits per heavy atom. The SMILES string of the molecule is Cn1c(=O)n(C2CCC(=O)NC2=O)c2ccc(C3CCN(C(=O)Nc4cccc(CSN5CCCCC56CC6)c4)CC3)cc21. The summed E-state index contributed by atoms with van der Waals surface area (Å²) in [4.78, 5) is 52.4. The molecule has 4 aliphatic rings. The van der Waals surface area contributed by atoms with Crippen LogP contribution in [0.2, 0.25) is 0 Å². The minimum atomic E-state index is -0.694. The van der Waals surface area contributed by atoms with Gasteiger partial charge in [-0.15, -0.1) is 0 Å². The lowest BCUT2D eigenvalue weighted by Crippen LogP contribution is -2.44. The van der Waals surface area contributed by atoms with Crippen molar-refractivity contribution in [2.45, 2.75) is 81.0 Å². The van der Waals surface area contributed by atoms with E-state index in [1.165, 1.54) is 48.8 Å². The lowest BCUT2D eigenvalue weighted by molar-refractivity contribution is -0.135. The molecule has 2 N–H and O–H groups in total. The van der Waals surface area contributed by atoms with Crippen LogP contribution in [-0.4, -0.2) is 61.4 Å². The monoisotopic (exact) mass is 616 g/mol. The van der Waals surface area contributed by atoms with Gasteiger partial charge in [-0.25, -0.2) is 13.9 Å². The lowest BCUT2D eigenvalue weighted by Gasteiger charge is -2.35. The molecule has 4 fully saturated rings. The lowest BCUT2D eigenvalue weighted by atomic mass is 9.89. The predicted octanol–water partition coefficient (Wildman–Crippen LogP) is 4.90. The van der Waals surface area contributed by atoms with Gasteiger partial charge in [0.15, 0.2) is 0 Å². The average molecular weight is 617 g/mol. The Morgan fingerprint density at radius 2 is 1.80 bits per heavy atom. The molecule has 0 bridgehead atoms. The zero-order valence-corrected chi connectivity index (χ0v) is 26.0. The summed E-state index contributed by atoms with van der Waals surface area (Å²) in [6.07, 6.45) is 8.82. The van der Waals surface area contributed by atoms with Crippen LogP contribution >= 0.6 is 11.9 Å². The van der Waals surface area contributed by atoms with Gasteiger partial charge in [-0.05, 0) is 86.3 Å². The number of likely N-dealkylation sites (tertiary alicyclic amines) is 1. The predicted molar refractivity (Wildman–Crippen MR) is 171 cm³/mol. The van der Waals surface area contributed by atoms with E-state index in [1.807, 2.05) is 47.2 Å². The fourth-order valence-corrected chi connectivity index (χ4v) is 8.58. The van der Waals surface area contributed by atoms with Gasteiger partial charge in [-0.3, -0.25) is 24.0 Å². The molecule has 1 aromatic heterocycles. The number of piperidine rings is 3. The molecule has 7 rings (SSSR count). The number of urea groups is 1. The Labute approximate surface area is 261 Å². The molecular formula is C33H40N6O4S. The van der Waals surface area contributed by atoms with E-state index in [4.69, 9.17) is 0 Å². The molecular weight excluding hydrogens is 576 g/mol. The number of anilines is 1. The van der Waals surface area contributed by atoms with Gasteiger partial charge in [0.25, 0.3) is 0 Å². The molecule has 1 atom stereocenters. The van der Waals surface area contributed by atoms with Crippen molar-refractivity contribution >= 4 is 46.5 Å². The van der Waals surface area contributed by atoms with Crippen LogP contribution in [0.15, 0.2) is 47.3 Å². The molecule has 232 valence electrons. The van der Waals surface area contributed by atoms with Crippen LogP contribution in [-0.2, 0) is 22.4 Å². The number of amides is 4. The first-order valence-electron chi connectivity index (χ1n) is 15.9. The highest BCUT2D eigenvalue weighted by molar-refractivity contribution is 7.96. The highest BCUT2D eigenvalue weighted by atomic mass is 32.2. The molecule has 1 spiro atoms. The summed E-state index contributed by atoms with van der Waals surface area (Å²) in [5.74, 6) is 0.454. The zero-order valence-electron chi connectivity index (χ0n) is 25.2. The molecule has 3 aromatic rings. The molecule has 11 heteroatoms. The second kappa shape index (κ2) is 11.7. The third kappa shape index (κ3) is 5.56. The first-order valence-corrected chi connectivity index (χ1v) is 16.9. The van der Waals surface area contributed by atoms with Crippen molar-refractivity contribution < 1.29 is 14.4 Å². The molecule has 1 aliphatic carbocycles. The molecule has 4 amide bonds. The van der Waals surface area contributed by atoms with E-state index in [2.05, 4.69) is 27.1 Å². The third-order valence-electron chi connectivity index (χ3n) is 10.1. The molecule has 10 nitrogen and oxygen atoms in total. The van der Waals surface area contributed by atoms with Crippen LogP contribution in [0, 0.1) is 0 Å². The van der Waals surface area contributed by atoms with E-state index < -0.39 is 11.9 Å². The summed E-state index contributed by atoms with van der Waals surface area (Å²) in [6.45, 7) is 2.48. The quantitative estimate of drug-likeness (QED) is 0.302. The summed E-state index contributed by atoms with van der Waals surface area (Å²) < 4.78 is 5.71. The summed E-state index contributed by atoms with van der Waals surface area (Å²) >= 11 is 1.94. The van der Waals surface area contributed by atoms with Crippen molar-refractivity contribution in [2.75, 3.05) is 25.0 Å². The number of imidazole rings is 1. The van der Waals surface area contributed by atoms with E-state index in [-0.39, 0.29) is 30.0 Å². The topological polar surface area (TPSA) is 109 Å². The Bertz CT molecular complexity index is 1670. The second-order valence-electron chi connectivity index (χ2n) is 12.9. The van der Waals surface area contributed by atoms with Gasteiger partial charge >= 0.3 is 11.7 Å². The highest BCUT2D eigenvalue weighted by Crippen LogP contribution is 2.51. The normalized spacial score (nSPS) is 22.4. The average Bonchev–Trinajstić information content (AvgIpc) is 3.76. The maximum Gasteiger partial charge on any atom is 0.329 e. The zero-order chi connectivity index (χ0) is 30.4. The third-order valence-corrected chi connectivity index (χ3v) is 11.4. The van der Waals surface area contributed by atoms with Crippen molar-refractivity contribution in [2.24, 2.45) is 7.05 Å². The Hall–Kier alpha value is -3.57. The highest BCUT2D eigenvalue weighted by Gasteiger charge is 2.49. The molecule has 0 radical (unpaired) electrons. The number of nitrogens with zero attached hydrogens (tertiary/aromatic N) is 4. The van der Waals surface area contributed by atoms with E-state index in [9.17, 15) is 19.2 Å². The second-order valence-corrected chi connectivity index (χ2v) is 13.9. The van der Waals surface area contributed by atoms with Gasteiger partial charge < -0.3 is 10.2 Å². The summed E-state index contributed by atoms with van der Waals surface area (Å²) in [6, 6.07) is 13.4. The molecule has 3 saturated heterocycles. The smallest absolute Gasteiger partial charge is 0.324 e. The van der Waals surface area contributed by atoms with Gasteiger partial charge in [-0.2, -0.15) is 0 Å². The van der Waals surface area contributed by atoms with Crippen molar-refractivity contribution in [3.05, 3.63) is 64.1 Å². The number of aromatic nitrogens is 2. The first-order chi connectivity index (χ1) is 21.3.